The standard InChI is InChI=1S/C18H18ClNO3S/c1-18(2)11-12-5-4-6-15(16(12)23-18)20(3,17(21)22)24-14-9-7-13(19)8-10-14/h4-10H,11H2,1-3H3/p+1. The molecule has 1 amide bonds. The molecule has 126 valence electrons. The zero-order valence-electron chi connectivity index (χ0n) is 13.7. The van der Waals surface area contributed by atoms with Crippen molar-refractivity contribution >= 4 is 35.3 Å². The van der Waals surface area contributed by atoms with Crippen molar-refractivity contribution in [2.24, 2.45) is 0 Å². The molecule has 1 heterocycles. The maximum Gasteiger partial charge on any atom is 0.530 e. The summed E-state index contributed by atoms with van der Waals surface area (Å²) in [7, 11) is 1.66. The minimum atomic E-state index is -0.961. The molecule has 1 aliphatic rings. The Bertz CT molecular complexity index is 791. The molecule has 2 aromatic carbocycles. The number of ether oxygens (including phenoxy) is 1. The number of quaternary nitrogens is 1. The predicted molar refractivity (Wildman–Crippen MR) is 97.9 cm³/mol. The first-order chi connectivity index (χ1) is 11.2. The lowest BCUT2D eigenvalue weighted by Crippen LogP contribution is -2.43. The highest BCUT2D eigenvalue weighted by Crippen LogP contribution is 2.48. The van der Waals surface area contributed by atoms with Crippen LogP contribution in [0.15, 0.2) is 47.4 Å². The summed E-state index contributed by atoms with van der Waals surface area (Å²) in [6, 6.07) is 12.8. The molecule has 0 saturated heterocycles. The lowest BCUT2D eigenvalue weighted by Gasteiger charge is -2.27. The van der Waals surface area contributed by atoms with Crippen molar-refractivity contribution in [3.8, 4) is 5.75 Å². The largest absolute Gasteiger partial charge is 0.530 e. The lowest BCUT2D eigenvalue weighted by molar-refractivity contribution is 0.136. The van der Waals surface area contributed by atoms with Crippen LogP contribution in [0.25, 0.3) is 0 Å². The van der Waals surface area contributed by atoms with Gasteiger partial charge in [0.2, 0.25) is 0 Å². The number of carbonyl (C=O) groups is 1. The first-order valence-corrected chi connectivity index (χ1v) is 8.73. The molecule has 0 saturated carbocycles. The number of hydrogen-bond donors (Lipinski definition) is 1. The SMILES string of the molecule is CC1(C)Cc2cccc([N+](C)(Sc3ccc(Cl)cc3)C(=O)O)c2O1. The van der Waals surface area contributed by atoms with Gasteiger partial charge in [-0.15, -0.1) is 3.89 Å². The van der Waals surface area contributed by atoms with E-state index in [1.807, 2.05) is 44.2 Å². The van der Waals surface area contributed by atoms with Gasteiger partial charge in [-0.05, 0) is 38.1 Å². The fourth-order valence-corrected chi connectivity index (χ4v) is 3.96. The van der Waals surface area contributed by atoms with E-state index < -0.39 is 6.09 Å². The number of nitrogens with zero attached hydrogens (tertiary/aromatic N) is 1. The Hall–Kier alpha value is -1.69. The van der Waals surface area contributed by atoms with Crippen molar-refractivity contribution in [1.82, 2.24) is 3.89 Å². The second kappa shape index (κ2) is 5.99. The number of benzene rings is 2. The van der Waals surface area contributed by atoms with Crippen LogP contribution in [0.1, 0.15) is 19.4 Å². The zero-order valence-corrected chi connectivity index (χ0v) is 15.3. The summed E-state index contributed by atoms with van der Waals surface area (Å²) in [6.07, 6.45) is -0.196. The number of halogens is 1. The highest BCUT2D eigenvalue weighted by atomic mass is 35.5. The third-order valence-corrected chi connectivity index (χ3v) is 5.45. The topological polar surface area (TPSA) is 46.5 Å². The molecule has 1 unspecified atom stereocenters. The molecule has 3 rings (SSSR count). The van der Waals surface area contributed by atoms with E-state index in [2.05, 4.69) is 0 Å². The highest BCUT2D eigenvalue weighted by molar-refractivity contribution is 7.99. The number of para-hydroxylation sites is 1. The van der Waals surface area contributed by atoms with E-state index >= 15 is 0 Å². The molecule has 4 nitrogen and oxygen atoms in total. The number of hydrogen-bond acceptors (Lipinski definition) is 3. The molecule has 2 aromatic rings. The molecule has 6 heteroatoms. The number of fused-ring (bicyclic) bond motifs is 1. The van der Waals surface area contributed by atoms with Gasteiger partial charge in [0.25, 0.3) is 0 Å². The van der Waals surface area contributed by atoms with E-state index in [0.29, 0.717) is 16.5 Å². The van der Waals surface area contributed by atoms with Crippen LogP contribution >= 0.6 is 23.5 Å². The molecule has 0 radical (unpaired) electrons. The number of amides is 1. The minimum absolute atomic E-state index is 0.327. The first-order valence-electron chi connectivity index (χ1n) is 7.58. The van der Waals surface area contributed by atoms with Gasteiger partial charge in [0.15, 0.2) is 11.4 Å². The molecule has 1 aliphatic heterocycles. The van der Waals surface area contributed by atoms with Crippen molar-refractivity contribution in [1.29, 1.82) is 0 Å². The van der Waals surface area contributed by atoms with Crippen molar-refractivity contribution in [3.05, 3.63) is 53.1 Å². The van der Waals surface area contributed by atoms with Gasteiger partial charge in [-0.2, -0.15) is 4.79 Å². The van der Waals surface area contributed by atoms with E-state index in [1.165, 1.54) is 11.9 Å². The Kier molecular flexibility index (Phi) is 4.28. The fraction of sp³-hybridized carbons (Fsp3) is 0.278. The van der Waals surface area contributed by atoms with Gasteiger partial charge in [0, 0.05) is 23.1 Å². The van der Waals surface area contributed by atoms with Crippen LogP contribution in [0.2, 0.25) is 5.02 Å². The van der Waals surface area contributed by atoms with E-state index in [1.54, 1.807) is 19.2 Å². The number of carboxylic acid groups (broad SMARTS) is 1. The third-order valence-electron chi connectivity index (χ3n) is 4.00. The van der Waals surface area contributed by atoms with Crippen LogP contribution in [0, 0.1) is 0 Å². The summed E-state index contributed by atoms with van der Waals surface area (Å²) >= 11 is 7.15. The maximum atomic E-state index is 12.1. The molecule has 0 bridgehead atoms. The van der Waals surface area contributed by atoms with Crippen molar-refractivity contribution in [2.75, 3.05) is 7.05 Å². The second-order valence-electron chi connectivity index (χ2n) is 6.56. The average Bonchev–Trinajstić information content (AvgIpc) is 2.82. The summed E-state index contributed by atoms with van der Waals surface area (Å²) in [5, 5.41) is 10.6. The van der Waals surface area contributed by atoms with Crippen molar-refractivity contribution in [2.45, 2.75) is 30.8 Å². The van der Waals surface area contributed by atoms with Crippen LogP contribution < -0.4 is 8.63 Å². The monoisotopic (exact) mass is 364 g/mol. The van der Waals surface area contributed by atoms with E-state index in [-0.39, 0.29) is 9.49 Å². The summed E-state index contributed by atoms with van der Waals surface area (Å²) in [4.78, 5) is 12.9. The molecule has 0 fully saturated rings. The van der Waals surface area contributed by atoms with Gasteiger partial charge < -0.3 is 9.84 Å². The lowest BCUT2D eigenvalue weighted by atomic mass is 10.0. The molecular weight excluding hydrogens is 346 g/mol. The Labute approximate surface area is 150 Å². The Morgan fingerprint density at radius 3 is 2.54 bits per heavy atom. The van der Waals surface area contributed by atoms with Gasteiger partial charge in [-0.1, -0.05) is 23.7 Å². The Morgan fingerprint density at radius 1 is 1.25 bits per heavy atom. The van der Waals surface area contributed by atoms with Gasteiger partial charge >= 0.3 is 6.09 Å². The van der Waals surface area contributed by atoms with Gasteiger partial charge in [-0.25, -0.2) is 0 Å². The first kappa shape index (κ1) is 17.1. The second-order valence-corrected chi connectivity index (χ2v) is 8.38. The summed E-state index contributed by atoms with van der Waals surface area (Å²) in [5.74, 6) is 0.675. The van der Waals surface area contributed by atoms with Crippen LogP contribution in [0.3, 0.4) is 0 Å². The summed E-state index contributed by atoms with van der Waals surface area (Å²) in [6.45, 7) is 4.02. The van der Waals surface area contributed by atoms with Crippen LogP contribution in [0.5, 0.6) is 5.75 Å². The Morgan fingerprint density at radius 2 is 1.92 bits per heavy atom. The van der Waals surface area contributed by atoms with Gasteiger partial charge in [0.1, 0.15) is 17.5 Å². The van der Waals surface area contributed by atoms with E-state index in [4.69, 9.17) is 16.3 Å². The molecule has 1 N–H and O–H groups in total. The molecule has 0 aromatic heterocycles. The van der Waals surface area contributed by atoms with E-state index in [0.717, 1.165) is 16.9 Å². The van der Waals surface area contributed by atoms with Crippen LogP contribution in [0.4, 0.5) is 10.5 Å². The smallest absolute Gasteiger partial charge is 0.481 e. The molecule has 1 atom stereocenters. The molecule has 0 aliphatic carbocycles. The summed E-state index contributed by atoms with van der Waals surface area (Å²) in [5.41, 5.74) is 1.34. The molecule has 24 heavy (non-hydrogen) atoms. The van der Waals surface area contributed by atoms with E-state index in [9.17, 15) is 9.90 Å². The van der Waals surface area contributed by atoms with Crippen LogP contribution in [-0.4, -0.2) is 23.8 Å². The maximum absolute atomic E-state index is 12.1. The highest BCUT2D eigenvalue weighted by Gasteiger charge is 2.44. The zero-order chi connectivity index (χ0) is 17.5. The quantitative estimate of drug-likeness (QED) is 0.587. The van der Waals surface area contributed by atoms with Crippen molar-refractivity contribution in [3.63, 3.8) is 0 Å². The van der Waals surface area contributed by atoms with Gasteiger partial charge in [0.05, 0.1) is 11.9 Å². The van der Waals surface area contributed by atoms with Crippen molar-refractivity contribution < 1.29 is 14.6 Å². The predicted octanol–water partition coefficient (Wildman–Crippen LogP) is 5.38. The average molecular weight is 365 g/mol. The fourth-order valence-electron chi connectivity index (χ4n) is 2.83. The van der Waals surface area contributed by atoms with Crippen LogP contribution in [-0.2, 0) is 6.42 Å². The summed E-state index contributed by atoms with van der Waals surface area (Å²) < 4.78 is 5.70. The Balaban J connectivity index is 2.05. The van der Waals surface area contributed by atoms with Gasteiger partial charge in [-0.3, -0.25) is 0 Å². The molecule has 0 spiro atoms. The minimum Gasteiger partial charge on any atom is -0.481 e. The number of rotatable bonds is 3. The third kappa shape index (κ3) is 3.11. The normalized spacial score (nSPS) is 17.7. The molecular formula is C18H19ClNO3S+.